The molecule has 90 valence electrons. The van der Waals surface area contributed by atoms with Crippen LogP contribution in [0.3, 0.4) is 0 Å². The monoisotopic (exact) mass is 223 g/mol. The minimum Gasteiger partial charge on any atom is -0.353 e. The molecule has 0 saturated carbocycles. The van der Waals surface area contributed by atoms with Crippen molar-refractivity contribution >= 4 is 5.91 Å². The molecule has 0 spiro atoms. The Labute approximate surface area is 97.0 Å². The van der Waals surface area contributed by atoms with E-state index < -0.39 is 0 Å². The standard InChI is InChI=1S/C12H21N3O/c1-4-13-10(2)8-12(16)14-9-11-6-5-7-15(11)3/h5-7,10,13H,4,8-9H2,1-3H3,(H,14,16). The van der Waals surface area contributed by atoms with Gasteiger partial charge in [0.15, 0.2) is 0 Å². The normalized spacial score (nSPS) is 12.4. The summed E-state index contributed by atoms with van der Waals surface area (Å²) in [6, 6.07) is 4.22. The van der Waals surface area contributed by atoms with E-state index in [-0.39, 0.29) is 11.9 Å². The lowest BCUT2D eigenvalue weighted by Gasteiger charge is -2.12. The van der Waals surface area contributed by atoms with Crippen LogP contribution >= 0.6 is 0 Å². The topological polar surface area (TPSA) is 46.1 Å². The summed E-state index contributed by atoms with van der Waals surface area (Å²) in [5.41, 5.74) is 1.12. The molecule has 1 amide bonds. The molecule has 1 atom stereocenters. The molecule has 0 aliphatic heterocycles. The van der Waals surface area contributed by atoms with Crippen molar-refractivity contribution in [1.82, 2.24) is 15.2 Å². The minimum atomic E-state index is 0.0923. The predicted octanol–water partition coefficient (Wildman–Crippen LogP) is 1.03. The number of carbonyl (C=O) groups is 1. The molecule has 0 radical (unpaired) electrons. The fourth-order valence-corrected chi connectivity index (χ4v) is 1.64. The number of hydrogen-bond donors (Lipinski definition) is 2. The van der Waals surface area contributed by atoms with Gasteiger partial charge in [0.1, 0.15) is 0 Å². The Hall–Kier alpha value is -1.29. The van der Waals surface area contributed by atoms with E-state index in [0.29, 0.717) is 13.0 Å². The Morgan fingerprint density at radius 1 is 1.56 bits per heavy atom. The van der Waals surface area contributed by atoms with Crippen molar-refractivity contribution < 1.29 is 4.79 Å². The first-order valence-corrected chi connectivity index (χ1v) is 5.73. The molecule has 0 aliphatic rings. The fourth-order valence-electron chi connectivity index (χ4n) is 1.64. The first-order chi connectivity index (χ1) is 7.63. The molecule has 1 rings (SSSR count). The maximum absolute atomic E-state index is 11.6. The molecule has 1 unspecified atom stereocenters. The van der Waals surface area contributed by atoms with Crippen molar-refractivity contribution in [2.45, 2.75) is 32.9 Å². The van der Waals surface area contributed by atoms with Crippen molar-refractivity contribution in [3.05, 3.63) is 24.0 Å². The molecule has 0 saturated heterocycles. The molecule has 4 heteroatoms. The SMILES string of the molecule is CCNC(C)CC(=O)NCc1cccn1C. The number of amides is 1. The largest absolute Gasteiger partial charge is 0.353 e. The van der Waals surface area contributed by atoms with E-state index in [1.165, 1.54) is 0 Å². The van der Waals surface area contributed by atoms with E-state index in [1.807, 2.05) is 43.8 Å². The first kappa shape index (κ1) is 12.8. The molecule has 0 fully saturated rings. The zero-order chi connectivity index (χ0) is 12.0. The van der Waals surface area contributed by atoms with Gasteiger partial charge < -0.3 is 15.2 Å². The summed E-state index contributed by atoms with van der Waals surface area (Å²) < 4.78 is 2.01. The summed E-state index contributed by atoms with van der Waals surface area (Å²) in [5, 5.41) is 6.13. The second-order valence-corrected chi connectivity index (χ2v) is 4.05. The van der Waals surface area contributed by atoms with Crippen molar-refractivity contribution in [2.75, 3.05) is 6.54 Å². The minimum absolute atomic E-state index is 0.0923. The third-order valence-corrected chi connectivity index (χ3v) is 2.56. The molecule has 1 aromatic heterocycles. The molecule has 0 bridgehead atoms. The van der Waals surface area contributed by atoms with Crippen LogP contribution in [0.5, 0.6) is 0 Å². The van der Waals surface area contributed by atoms with Gasteiger partial charge in [0, 0.05) is 31.4 Å². The number of nitrogens with zero attached hydrogens (tertiary/aromatic N) is 1. The zero-order valence-corrected chi connectivity index (χ0v) is 10.3. The van der Waals surface area contributed by atoms with Crippen LogP contribution < -0.4 is 10.6 Å². The lowest BCUT2D eigenvalue weighted by molar-refractivity contribution is -0.121. The van der Waals surface area contributed by atoms with Crippen molar-refractivity contribution in [1.29, 1.82) is 0 Å². The second kappa shape index (κ2) is 6.33. The lowest BCUT2D eigenvalue weighted by atomic mass is 10.2. The molecule has 1 heterocycles. The van der Waals surface area contributed by atoms with Gasteiger partial charge in [-0.25, -0.2) is 0 Å². The van der Waals surface area contributed by atoms with Crippen LogP contribution in [0.1, 0.15) is 26.0 Å². The molecule has 4 nitrogen and oxygen atoms in total. The third-order valence-electron chi connectivity index (χ3n) is 2.56. The molecule has 16 heavy (non-hydrogen) atoms. The van der Waals surface area contributed by atoms with Crippen molar-refractivity contribution in [3.8, 4) is 0 Å². The number of rotatable bonds is 6. The molecule has 0 aliphatic carbocycles. The summed E-state index contributed by atoms with van der Waals surface area (Å²) in [7, 11) is 1.97. The van der Waals surface area contributed by atoms with Crippen molar-refractivity contribution in [2.24, 2.45) is 7.05 Å². The highest BCUT2D eigenvalue weighted by Gasteiger charge is 2.07. The maximum Gasteiger partial charge on any atom is 0.221 e. The highest BCUT2D eigenvalue weighted by molar-refractivity contribution is 5.76. The molecule has 1 aromatic rings. The first-order valence-electron chi connectivity index (χ1n) is 5.73. The second-order valence-electron chi connectivity index (χ2n) is 4.05. The van der Waals surface area contributed by atoms with Gasteiger partial charge in [0.25, 0.3) is 0 Å². The van der Waals surface area contributed by atoms with Crippen LogP contribution in [0.25, 0.3) is 0 Å². The quantitative estimate of drug-likeness (QED) is 0.756. The highest BCUT2D eigenvalue weighted by Crippen LogP contribution is 1.99. The predicted molar refractivity (Wildman–Crippen MR) is 65.0 cm³/mol. The molecular formula is C12H21N3O. The summed E-state index contributed by atoms with van der Waals surface area (Å²) >= 11 is 0. The number of carbonyl (C=O) groups excluding carboxylic acids is 1. The summed E-state index contributed by atoms with van der Waals surface area (Å²) in [6.07, 6.45) is 2.50. The number of nitrogens with one attached hydrogen (secondary N) is 2. The van der Waals surface area contributed by atoms with E-state index >= 15 is 0 Å². The Morgan fingerprint density at radius 3 is 2.88 bits per heavy atom. The van der Waals surface area contributed by atoms with E-state index in [1.54, 1.807) is 0 Å². The van der Waals surface area contributed by atoms with Gasteiger partial charge in [-0.15, -0.1) is 0 Å². The van der Waals surface area contributed by atoms with Gasteiger partial charge in [-0.2, -0.15) is 0 Å². The van der Waals surface area contributed by atoms with Crippen LogP contribution in [0.2, 0.25) is 0 Å². The van der Waals surface area contributed by atoms with Gasteiger partial charge in [-0.3, -0.25) is 4.79 Å². The van der Waals surface area contributed by atoms with Crippen LogP contribution in [-0.4, -0.2) is 23.1 Å². The van der Waals surface area contributed by atoms with E-state index in [9.17, 15) is 4.79 Å². The van der Waals surface area contributed by atoms with Crippen LogP contribution in [0.4, 0.5) is 0 Å². The Balaban J connectivity index is 2.28. The van der Waals surface area contributed by atoms with Crippen molar-refractivity contribution in [3.63, 3.8) is 0 Å². The maximum atomic E-state index is 11.6. The summed E-state index contributed by atoms with van der Waals surface area (Å²) in [6.45, 7) is 5.55. The smallest absolute Gasteiger partial charge is 0.221 e. The Morgan fingerprint density at radius 2 is 2.31 bits per heavy atom. The van der Waals surface area contributed by atoms with Gasteiger partial charge in [0.05, 0.1) is 6.54 Å². The average molecular weight is 223 g/mol. The van der Waals surface area contributed by atoms with E-state index in [2.05, 4.69) is 10.6 Å². The number of hydrogen-bond acceptors (Lipinski definition) is 2. The molecule has 0 aromatic carbocycles. The van der Waals surface area contributed by atoms with Gasteiger partial charge in [-0.05, 0) is 25.6 Å². The molecular weight excluding hydrogens is 202 g/mol. The van der Waals surface area contributed by atoms with Gasteiger partial charge >= 0.3 is 0 Å². The lowest BCUT2D eigenvalue weighted by Crippen LogP contribution is -2.33. The Bertz CT molecular complexity index is 333. The van der Waals surface area contributed by atoms with E-state index in [4.69, 9.17) is 0 Å². The van der Waals surface area contributed by atoms with Crippen LogP contribution in [-0.2, 0) is 18.4 Å². The summed E-state index contributed by atoms with van der Waals surface area (Å²) in [5.74, 6) is 0.0923. The van der Waals surface area contributed by atoms with Crippen LogP contribution in [0, 0.1) is 0 Å². The third kappa shape index (κ3) is 4.06. The highest BCUT2D eigenvalue weighted by atomic mass is 16.1. The van der Waals surface area contributed by atoms with E-state index in [0.717, 1.165) is 12.2 Å². The summed E-state index contributed by atoms with van der Waals surface area (Å²) in [4.78, 5) is 11.6. The number of aromatic nitrogens is 1. The van der Waals surface area contributed by atoms with Crippen LogP contribution in [0.15, 0.2) is 18.3 Å². The fraction of sp³-hybridized carbons (Fsp3) is 0.583. The average Bonchev–Trinajstić information content (AvgIpc) is 2.61. The zero-order valence-electron chi connectivity index (χ0n) is 10.3. The Kier molecular flexibility index (Phi) is 5.05. The van der Waals surface area contributed by atoms with Gasteiger partial charge in [0.2, 0.25) is 5.91 Å². The van der Waals surface area contributed by atoms with Gasteiger partial charge in [-0.1, -0.05) is 6.92 Å². The number of aryl methyl sites for hydroxylation is 1. The molecule has 2 N–H and O–H groups in total.